The van der Waals surface area contributed by atoms with E-state index in [4.69, 9.17) is 16.7 Å². The Labute approximate surface area is 112 Å². The minimum atomic E-state index is -1.18. The van der Waals surface area contributed by atoms with E-state index in [0.717, 1.165) is 6.07 Å². The van der Waals surface area contributed by atoms with E-state index in [-0.39, 0.29) is 23.7 Å². The predicted octanol–water partition coefficient (Wildman–Crippen LogP) is 1.69. The highest BCUT2D eigenvalue weighted by molar-refractivity contribution is 6.34. The van der Waals surface area contributed by atoms with E-state index in [1.54, 1.807) is 0 Å². The first-order chi connectivity index (χ1) is 8.91. The molecule has 1 aromatic carbocycles. The molecule has 1 aliphatic rings. The monoisotopic (exact) mass is 284 g/mol. The number of amides is 1. The molecule has 1 heterocycles. The highest BCUT2D eigenvalue weighted by Gasteiger charge is 2.38. The predicted molar refractivity (Wildman–Crippen MR) is 66.2 cm³/mol. The first-order valence-corrected chi connectivity index (χ1v) is 5.77. The Hall–Kier alpha value is -2.15. The van der Waals surface area contributed by atoms with E-state index in [2.05, 4.69) is 0 Å². The van der Waals surface area contributed by atoms with Crippen molar-refractivity contribution in [1.82, 2.24) is 0 Å². The number of aliphatic carboxylic acids is 1. The van der Waals surface area contributed by atoms with Gasteiger partial charge in [0.1, 0.15) is 5.92 Å². The lowest BCUT2D eigenvalue weighted by molar-refractivity contribution is -0.384. The molecule has 1 amide bonds. The van der Waals surface area contributed by atoms with Gasteiger partial charge < -0.3 is 10.0 Å². The van der Waals surface area contributed by atoms with Crippen LogP contribution < -0.4 is 4.90 Å². The smallest absolute Gasteiger partial charge is 0.316 e. The van der Waals surface area contributed by atoms with Crippen molar-refractivity contribution < 1.29 is 19.6 Å². The number of carboxylic acids is 1. The van der Waals surface area contributed by atoms with Crippen LogP contribution in [0.25, 0.3) is 0 Å². The summed E-state index contributed by atoms with van der Waals surface area (Å²) >= 11 is 5.90. The molecule has 1 saturated heterocycles. The van der Waals surface area contributed by atoms with Gasteiger partial charge in [-0.2, -0.15) is 0 Å². The molecule has 0 spiro atoms. The fourth-order valence-electron chi connectivity index (χ4n) is 1.98. The topological polar surface area (TPSA) is 101 Å². The van der Waals surface area contributed by atoms with Crippen LogP contribution in [0.5, 0.6) is 0 Å². The molecule has 1 aliphatic heterocycles. The molecule has 0 bridgehead atoms. The molecule has 1 atom stereocenters. The van der Waals surface area contributed by atoms with Crippen molar-refractivity contribution in [3.63, 3.8) is 0 Å². The van der Waals surface area contributed by atoms with Crippen molar-refractivity contribution in [2.24, 2.45) is 5.92 Å². The molecule has 7 nitrogen and oxygen atoms in total. The third-order valence-corrected chi connectivity index (χ3v) is 3.24. The summed E-state index contributed by atoms with van der Waals surface area (Å²) in [4.78, 5) is 33.9. The number of hydrogen-bond donors (Lipinski definition) is 1. The number of nitro benzene ring substituents is 1. The van der Waals surface area contributed by atoms with Crippen molar-refractivity contribution in [2.45, 2.75) is 6.42 Å². The number of carbonyl (C=O) groups excluding carboxylic acids is 1. The van der Waals surface area contributed by atoms with Crippen LogP contribution in [0.4, 0.5) is 11.4 Å². The van der Waals surface area contributed by atoms with E-state index >= 15 is 0 Å². The Morgan fingerprint density at radius 2 is 2.21 bits per heavy atom. The van der Waals surface area contributed by atoms with Gasteiger partial charge in [0.15, 0.2) is 0 Å². The molecule has 0 aliphatic carbocycles. The number of carboxylic acid groups (broad SMARTS) is 1. The molecule has 1 fully saturated rings. The summed E-state index contributed by atoms with van der Waals surface area (Å²) in [5.74, 6) is -2.81. The van der Waals surface area contributed by atoms with Gasteiger partial charge in [-0.1, -0.05) is 11.6 Å². The summed E-state index contributed by atoms with van der Waals surface area (Å²) in [6.45, 7) is 0.229. The van der Waals surface area contributed by atoms with Gasteiger partial charge in [0.2, 0.25) is 5.91 Å². The summed E-state index contributed by atoms with van der Waals surface area (Å²) < 4.78 is 0. The van der Waals surface area contributed by atoms with Gasteiger partial charge in [0, 0.05) is 18.7 Å². The van der Waals surface area contributed by atoms with Crippen molar-refractivity contribution in [3.05, 3.63) is 33.3 Å². The van der Waals surface area contributed by atoms with Gasteiger partial charge in [0.25, 0.3) is 5.69 Å². The average Bonchev–Trinajstić information content (AvgIpc) is 2.71. The number of hydrogen-bond acceptors (Lipinski definition) is 4. The largest absolute Gasteiger partial charge is 0.481 e. The van der Waals surface area contributed by atoms with Crippen molar-refractivity contribution in [2.75, 3.05) is 11.4 Å². The number of nitrogens with zero attached hydrogens (tertiary/aromatic N) is 2. The quantitative estimate of drug-likeness (QED) is 0.517. The molecular formula is C11H9ClN2O5. The average molecular weight is 285 g/mol. The Morgan fingerprint density at radius 1 is 1.53 bits per heavy atom. The zero-order valence-corrected chi connectivity index (χ0v) is 10.3. The van der Waals surface area contributed by atoms with Crippen LogP contribution >= 0.6 is 11.6 Å². The van der Waals surface area contributed by atoms with E-state index in [1.165, 1.54) is 17.0 Å². The zero-order valence-electron chi connectivity index (χ0n) is 9.58. The Balaban J connectivity index is 2.31. The number of nitro groups is 1. The third-order valence-electron chi connectivity index (χ3n) is 2.94. The number of rotatable bonds is 3. The third kappa shape index (κ3) is 2.37. The standard InChI is InChI=1S/C11H9ClN2O5/c12-8-5-6(14(18)19)1-2-9(8)13-4-3-7(10(13)15)11(16)17/h1-2,5,7H,3-4H2,(H,16,17). The van der Waals surface area contributed by atoms with Gasteiger partial charge in [-0.05, 0) is 12.5 Å². The van der Waals surface area contributed by atoms with Crippen LogP contribution in [-0.2, 0) is 9.59 Å². The molecule has 1 N–H and O–H groups in total. The van der Waals surface area contributed by atoms with E-state index in [1.807, 2.05) is 0 Å². The van der Waals surface area contributed by atoms with E-state index in [0.29, 0.717) is 5.69 Å². The molecular weight excluding hydrogens is 276 g/mol. The summed E-state index contributed by atoms with van der Waals surface area (Å²) in [5.41, 5.74) is 0.108. The van der Waals surface area contributed by atoms with Gasteiger partial charge in [-0.3, -0.25) is 19.7 Å². The first kappa shape index (κ1) is 13.3. The fraction of sp³-hybridized carbons (Fsp3) is 0.273. The van der Waals surface area contributed by atoms with Gasteiger partial charge in [-0.25, -0.2) is 0 Å². The summed E-state index contributed by atoms with van der Waals surface area (Å²) in [6.07, 6.45) is 0.196. The van der Waals surface area contributed by atoms with Crippen LogP contribution in [0.3, 0.4) is 0 Å². The molecule has 2 rings (SSSR count). The Kier molecular flexibility index (Phi) is 3.39. The highest BCUT2D eigenvalue weighted by Crippen LogP contribution is 2.33. The second-order valence-corrected chi connectivity index (χ2v) is 4.47. The summed E-state index contributed by atoms with van der Waals surface area (Å²) in [6, 6.07) is 3.71. The van der Waals surface area contributed by atoms with Crippen molar-refractivity contribution in [3.8, 4) is 0 Å². The second kappa shape index (κ2) is 4.85. The van der Waals surface area contributed by atoms with E-state index < -0.39 is 22.7 Å². The number of carbonyl (C=O) groups is 2. The SMILES string of the molecule is O=C(O)C1CCN(c2ccc([N+](=O)[O-])cc2Cl)C1=O. The maximum Gasteiger partial charge on any atom is 0.316 e. The molecule has 100 valence electrons. The number of benzene rings is 1. The number of non-ortho nitro benzene ring substituents is 1. The minimum absolute atomic E-state index is 0.0496. The normalized spacial score (nSPS) is 18.7. The molecule has 1 unspecified atom stereocenters. The van der Waals surface area contributed by atoms with Gasteiger partial charge in [-0.15, -0.1) is 0 Å². The second-order valence-electron chi connectivity index (χ2n) is 4.06. The molecule has 8 heteroatoms. The Bertz CT molecular complexity index is 574. The Morgan fingerprint density at radius 3 is 2.68 bits per heavy atom. The lowest BCUT2D eigenvalue weighted by atomic mass is 10.1. The fourth-order valence-corrected chi connectivity index (χ4v) is 2.25. The minimum Gasteiger partial charge on any atom is -0.481 e. The lowest BCUT2D eigenvalue weighted by Gasteiger charge is -2.17. The van der Waals surface area contributed by atoms with Crippen LogP contribution in [0, 0.1) is 16.0 Å². The van der Waals surface area contributed by atoms with E-state index in [9.17, 15) is 19.7 Å². The maximum absolute atomic E-state index is 11.9. The molecule has 0 saturated carbocycles. The van der Waals surface area contributed by atoms with Gasteiger partial charge in [0.05, 0.1) is 15.6 Å². The van der Waals surface area contributed by atoms with Gasteiger partial charge >= 0.3 is 5.97 Å². The molecule has 1 aromatic rings. The van der Waals surface area contributed by atoms with Crippen LogP contribution in [0.15, 0.2) is 18.2 Å². The van der Waals surface area contributed by atoms with Crippen molar-refractivity contribution in [1.29, 1.82) is 0 Å². The summed E-state index contributed by atoms with van der Waals surface area (Å²) in [5, 5.41) is 19.5. The highest BCUT2D eigenvalue weighted by atomic mass is 35.5. The van der Waals surface area contributed by atoms with Crippen molar-refractivity contribution >= 4 is 34.9 Å². The number of halogens is 1. The molecule has 19 heavy (non-hydrogen) atoms. The molecule has 0 radical (unpaired) electrons. The first-order valence-electron chi connectivity index (χ1n) is 5.40. The zero-order chi connectivity index (χ0) is 14.2. The molecule has 0 aromatic heterocycles. The van der Waals surface area contributed by atoms with Crippen LogP contribution in [-0.4, -0.2) is 28.5 Å². The van der Waals surface area contributed by atoms with Crippen LogP contribution in [0.2, 0.25) is 5.02 Å². The maximum atomic E-state index is 11.9. The number of anilines is 1. The van der Waals surface area contributed by atoms with Crippen LogP contribution in [0.1, 0.15) is 6.42 Å². The summed E-state index contributed by atoms with van der Waals surface area (Å²) in [7, 11) is 0. The lowest BCUT2D eigenvalue weighted by Crippen LogP contribution is -2.30.